The monoisotopic (exact) mass is 626 g/mol. The molecule has 4 rings (SSSR count). The van der Waals surface area contributed by atoms with Crippen molar-refractivity contribution in [3.05, 3.63) is 58.6 Å². The number of amides is 1. The smallest absolute Gasteiger partial charge is 0.298 e. The van der Waals surface area contributed by atoms with E-state index >= 15 is 8.78 Å². The van der Waals surface area contributed by atoms with Gasteiger partial charge in [0.15, 0.2) is 6.04 Å². The molecule has 0 aliphatic carbocycles. The van der Waals surface area contributed by atoms with Gasteiger partial charge in [0.05, 0.1) is 11.5 Å². The van der Waals surface area contributed by atoms with Crippen LogP contribution in [0.25, 0.3) is 0 Å². The summed E-state index contributed by atoms with van der Waals surface area (Å²) in [6, 6.07) is 8.35. The molecule has 2 heterocycles. The number of sulfonamides is 1. The highest BCUT2D eigenvalue weighted by atomic mass is 79.9. The Labute approximate surface area is 238 Å². The van der Waals surface area contributed by atoms with Crippen LogP contribution >= 0.6 is 15.9 Å². The first-order chi connectivity index (χ1) is 18.5. The molecule has 2 aliphatic rings. The van der Waals surface area contributed by atoms with Gasteiger partial charge in [-0.15, -0.1) is 0 Å². The van der Waals surface area contributed by atoms with Crippen LogP contribution in [0.1, 0.15) is 64.9 Å². The van der Waals surface area contributed by atoms with Crippen LogP contribution in [-0.4, -0.2) is 44.0 Å². The number of piperidine rings is 1. The number of nitrogens with zero attached hydrogens (tertiary/aromatic N) is 1. The molecule has 3 atom stereocenters. The lowest BCUT2D eigenvalue weighted by Gasteiger charge is -2.41. The Balaban J connectivity index is 1.62. The van der Waals surface area contributed by atoms with Crippen molar-refractivity contribution in [2.24, 2.45) is 11.8 Å². The fraction of sp³-hybridized carbons (Fsp3) is 0.552. The summed E-state index contributed by atoms with van der Waals surface area (Å²) in [6.45, 7) is 6.76. The van der Waals surface area contributed by atoms with Gasteiger partial charge in [-0.05, 0) is 73.9 Å². The molecule has 2 saturated heterocycles. The van der Waals surface area contributed by atoms with Crippen molar-refractivity contribution in [1.82, 2.24) is 9.62 Å². The van der Waals surface area contributed by atoms with Crippen molar-refractivity contribution in [2.75, 3.05) is 6.61 Å². The zero-order valence-corrected chi connectivity index (χ0v) is 25.0. The topological polar surface area (TPSA) is 75.7 Å². The van der Waals surface area contributed by atoms with Gasteiger partial charge >= 0.3 is 0 Å². The molecule has 10 heteroatoms. The minimum atomic E-state index is -4.47. The van der Waals surface area contributed by atoms with Crippen LogP contribution in [0.5, 0.6) is 5.75 Å². The largest absolute Gasteiger partial charge is 0.493 e. The predicted octanol–water partition coefficient (Wildman–Crippen LogP) is 6.49. The fourth-order valence-corrected chi connectivity index (χ4v) is 7.21. The molecule has 1 amide bonds. The highest BCUT2D eigenvalue weighted by Gasteiger charge is 2.53. The summed E-state index contributed by atoms with van der Waals surface area (Å²) in [5.41, 5.74) is -0.436. The summed E-state index contributed by atoms with van der Waals surface area (Å²) in [4.78, 5) is 15.1. The molecule has 6 nitrogen and oxygen atoms in total. The predicted molar refractivity (Wildman–Crippen MR) is 150 cm³/mol. The Morgan fingerprint density at radius 1 is 1.05 bits per heavy atom. The van der Waals surface area contributed by atoms with Gasteiger partial charge < -0.3 is 9.64 Å². The van der Waals surface area contributed by atoms with Crippen molar-refractivity contribution >= 4 is 31.9 Å². The molecule has 39 heavy (non-hydrogen) atoms. The highest BCUT2D eigenvalue weighted by Crippen LogP contribution is 2.42. The van der Waals surface area contributed by atoms with Crippen molar-refractivity contribution < 1.29 is 26.7 Å². The van der Waals surface area contributed by atoms with Gasteiger partial charge in [0.2, 0.25) is 15.9 Å². The molecule has 214 valence electrons. The van der Waals surface area contributed by atoms with E-state index in [1.807, 2.05) is 0 Å². The minimum Gasteiger partial charge on any atom is -0.493 e. The number of rotatable bonds is 11. The molecule has 1 N–H and O–H groups in total. The number of carbonyl (C=O) groups excluding carboxylic acids is 1. The molecule has 2 aliphatic heterocycles. The zero-order chi connectivity index (χ0) is 28.4. The SMILES string of the molecule is CCC(CC)COc1ccc(S(=O)(=O)NC(C(=O)N2C3CCC2CC(C)C3)C(F)(F)c2ccc(Br)cc2)cc1. The summed E-state index contributed by atoms with van der Waals surface area (Å²) in [7, 11) is -4.47. The van der Waals surface area contributed by atoms with E-state index in [9.17, 15) is 13.2 Å². The molecule has 3 unspecified atom stereocenters. The van der Waals surface area contributed by atoms with E-state index in [2.05, 4.69) is 41.4 Å². The molecule has 0 aromatic heterocycles. The average Bonchev–Trinajstić information content (AvgIpc) is 3.18. The third-order valence-electron chi connectivity index (χ3n) is 8.11. The van der Waals surface area contributed by atoms with Crippen LogP contribution < -0.4 is 9.46 Å². The van der Waals surface area contributed by atoms with E-state index in [0.717, 1.165) is 38.5 Å². The first-order valence-electron chi connectivity index (χ1n) is 13.7. The van der Waals surface area contributed by atoms with Gasteiger partial charge in [-0.3, -0.25) is 4.79 Å². The van der Waals surface area contributed by atoms with Gasteiger partial charge in [-0.2, -0.15) is 13.5 Å². The fourth-order valence-electron chi connectivity index (χ4n) is 5.75. The molecule has 2 aromatic rings. The molecule has 0 radical (unpaired) electrons. The molecule has 2 bridgehead atoms. The molecular weight excluding hydrogens is 590 g/mol. The van der Waals surface area contributed by atoms with Crippen LogP contribution in [0.15, 0.2) is 57.9 Å². The summed E-state index contributed by atoms with van der Waals surface area (Å²) >= 11 is 3.24. The highest BCUT2D eigenvalue weighted by molar-refractivity contribution is 9.10. The molecule has 2 aromatic carbocycles. The van der Waals surface area contributed by atoms with Crippen molar-refractivity contribution in [3.8, 4) is 5.75 Å². The number of carbonyl (C=O) groups is 1. The van der Waals surface area contributed by atoms with Crippen LogP contribution in [0.3, 0.4) is 0 Å². The Kier molecular flexibility index (Phi) is 9.38. The minimum absolute atomic E-state index is 0.162. The van der Waals surface area contributed by atoms with E-state index in [4.69, 9.17) is 4.74 Å². The Morgan fingerprint density at radius 2 is 1.62 bits per heavy atom. The van der Waals surface area contributed by atoms with Crippen LogP contribution in [-0.2, 0) is 20.7 Å². The number of nitrogens with one attached hydrogen (secondary N) is 1. The third-order valence-corrected chi connectivity index (χ3v) is 10.1. The maximum absolute atomic E-state index is 16.1. The molecular formula is C29H37BrF2N2O4S. The lowest BCUT2D eigenvalue weighted by atomic mass is 9.91. The summed E-state index contributed by atoms with van der Waals surface area (Å²) in [6.07, 6.45) is 4.86. The van der Waals surface area contributed by atoms with Crippen LogP contribution in [0.4, 0.5) is 8.78 Å². The van der Waals surface area contributed by atoms with Gasteiger partial charge in [-0.1, -0.05) is 61.7 Å². The van der Waals surface area contributed by atoms with Crippen LogP contribution in [0.2, 0.25) is 0 Å². The first-order valence-corrected chi connectivity index (χ1v) is 15.9. The first kappa shape index (κ1) is 29.9. The summed E-state index contributed by atoms with van der Waals surface area (Å²) in [5.74, 6) is -3.40. The average molecular weight is 628 g/mol. The number of hydrogen-bond donors (Lipinski definition) is 1. The van der Waals surface area contributed by atoms with E-state index in [-0.39, 0.29) is 17.0 Å². The van der Waals surface area contributed by atoms with Crippen molar-refractivity contribution in [3.63, 3.8) is 0 Å². The number of fused-ring (bicyclic) bond motifs is 2. The second-order valence-electron chi connectivity index (χ2n) is 10.9. The summed E-state index contributed by atoms with van der Waals surface area (Å²) < 4.78 is 67.4. The number of ether oxygens (including phenoxy) is 1. The van der Waals surface area contributed by atoms with Crippen molar-refractivity contribution in [1.29, 1.82) is 0 Å². The van der Waals surface area contributed by atoms with E-state index in [0.29, 0.717) is 28.7 Å². The van der Waals surface area contributed by atoms with Gasteiger partial charge in [0.1, 0.15) is 5.75 Å². The van der Waals surface area contributed by atoms with Gasteiger partial charge in [0, 0.05) is 22.1 Å². The van der Waals surface area contributed by atoms with Gasteiger partial charge in [0.25, 0.3) is 5.92 Å². The zero-order valence-electron chi connectivity index (χ0n) is 22.6. The molecule has 2 fully saturated rings. The van der Waals surface area contributed by atoms with Gasteiger partial charge in [-0.25, -0.2) is 8.42 Å². The molecule has 0 spiro atoms. The third kappa shape index (κ3) is 6.65. The Morgan fingerprint density at radius 3 is 2.15 bits per heavy atom. The number of alkyl halides is 2. The maximum atomic E-state index is 16.1. The van der Waals surface area contributed by atoms with E-state index < -0.39 is 33.5 Å². The van der Waals surface area contributed by atoms with E-state index in [1.54, 1.807) is 0 Å². The van der Waals surface area contributed by atoms with Crippen LogP contribution in [0, 0.1) is 11.8 Å². The lowest BCUT2D eigenvalue weighted by molar-refractivity contribution is -0.149. The number of halogens is 3. The van der Waals surface area contributed by atoms with Crippen molar-refractivity contribution in [2.45, 2.75) is 88.2 Å². The lowest BCUT2D eigenvalue weighted by Crippen LogP contribution is -2.59. The summed E-state index contributed by atoms with van der Waals surface area (Å²) in [5, 5.41) is 0. The quantitative estimate of drug-likeness (QED) is 0.309. The number of benzene rings is 2. The maximum Gasteiger partial charge on any atom is 0.298 e. The second-order valence-corrected chi connectivity index (χ2v) is 13.5. The standard InChI is InChI=1S/C29H37BrF2N2O4S/c1-4-20(5-2)18-38-25-12-14-26(15-13-25)39(36,37)33-27(29(31,32)21-6-8-22(30)9-7-21)28(35)34-23-10-11-24(34)17-19(3)16-23/h6-9,12-15,19-20,23-24,27,33H,4-5,10-11,16-18H2,1-3H3. The Bertz CT molecular complexity index is 1220. The molecule has 0 saturated carbocycles. The number of hydrogen-bond acceptors (Lipinski definition) is 4. The Hall–Kier alpha value is -2.04. The normalized spacial score (nSPS) is 22.2. The van der Waals surface area contributed by atoms with E-state index in [1.165, 1.54) is 53.4 Å². The second kappa shape index (κ2) is 12.2.